The highest BCUT2D eigenvalue weighted by Gasteiger charge is 2.37. The summed E-state index contributed by atoms with van der Waals surface area (Å²) < 4.78 is 4.64. The first kappa shape index (κ1) is 12.8. The highest BCUT2D eigenvalue weighted by Crippen LogP contribution is 2.30. The lowest BCUT2D eigenvalue weighted by molar-refractivity contribution is -0.152. The Morgan fingerprint density at radius 2 is 2.11 bits per heavy atom. The first-order valence-corrected chi connectivity index (χ1v) is 6.64. The molecule has 1 unspecified atom stereocenters. The lowest BCUT2D eigenvalue weighted by Crippen LogP contribution is -2.36. The maximum atomic E-state index is 12.1. The summed E-state index contributed by atoms with van der Waals surface area (Å²) in [6.07, 6.45) is 0. The normalized spacial score (nSPS) is 18.1. The first-order valence-electron chi connectivity index (χ1n) is 5.59. The number of benzene rings is 1. The number of hydrogen-bond donors (Lipinski definition) is 0. The minimum absolute atomic E-state index is 0.132. The number of ketones is 2. The number of carbonyl (C=O) groups is 3. The second-order valence-corrected chi connectivity index (χ2v) is 4.89. The van der Waals surface area contributed by atoms with Gasteiger partial charge >= 0.3 is 5.97 Å². The molecule has 0 saturated carbocycles. The van der Waals surface area contributed by atoms with Crippen molar-refractivity contribution >= 4 is 29.3 Å². The van der Waals surface area contributed by atoms with Crippen molar-refractivity contribution < 1.29 is 19.1 Å². The molecular weight excluding hydrogens is 252 g/mol. The van der Waals surface area contributed by atoms with Gasteiger partial charge in [0.1, 0.15) is 5.25 Å². The van der Waals surface area contributed by atoms with E-state index in [9.17, 15) is 14.4 Å². The lowest BCUT2D eigenvalue weighted by atomic mass is 10.00. The molecule has 0 bridgehead atoms. The van der Waals surface area contributed by atoms with E-state index in [0.29, 0.717) is 11.3 Å². The van der Waals surface area contributed by atoms with Gasteiger partial charge in [-0.3, -0.25) is 9.59 Å². The number of hydrogen-bond acceptors (Lipinski definition) is 5. The molecule has 0 saturated heterocycles. The summed E-state index contributed by atoms with van der Waals surface area (Å²) in [5, 5.41) is -0.959. The summed E-state index contributed by atoms with van der Waals surface area (Å²) >= 11 is 1.18. The number of fused-ring (bicyclic) bond motifs is 1. The standard InChI is InChI=1S/C13H12O4S/c1-2-17-13(16)11(15)12-10(14)9-6-4-3-5-8(9)7-18-12/h3-6,12H,2,7H2,1H3. The van der Waals surface area contributed by atoms with Gasteiger partial charge in [0.05, 0.1) is 6.61 Å². The number of carbonyl (C=O) groups excluding carboxylic acids is 3. The molecule has 5 heteroatoms. The van der Waals surface area contributed by atoms with Crippen molar-refractivity contribution in [1.29, 1.82) is 0 Å². The molecule has 0 fully saturated rings. The molecule has 0 radical (unpaired) electrons. The van der Waals surface area contributed by atoms with Crippen LogP contribution >= 0.6 is 11.8 Å². The lowest BCUT2D eigenvalue weighted by Gasteiger charge is -2.20. The van der Waals surface area contributed by atoms with Gasteiger partial charge in [-0.1, -0.05) is 24.3 Å². The van der Waals surface area contributed by atoms with Gasteiger partial charge in [0, 0.05) is 11.3 Å². The van der Waals surface area contributed by atoms with Crippen LogP contribution in [0, 0.1) is 0 Å². The van der Waals surface area contributed by atoms with Gasteiger partial charge in [-0.2, -0.15) is 0 Å². The van der Waals surface area contributed by atoms with Crippen LogP contribution in [0.5, 0.6) is 0 Å². The smallest absolute Gasteiger partial charge is 0.376 e. The molecule has 0 amide bonds. The maximum absolute atomic E-state index is 12.1. The van der Waals surface area contributed by atoms with Crippen molar-refractivity contribution in [2.24, 2.45) is 0 Å². The van der Waals surface area contributed by atoms with Crippen molar-refractivity contribution in [2.45, 2.75) is 17.9 Å². The largest absolute Gasteiger partial charge is 0.460 e. The molecule has 0 spiro atoms. The van der Waals surface area contributed by atoms with Crippen LogP contribution in [-0.4, -0.2) is 29.4 Å². The van der Waals surface area contributed by atoms with Crippen LogP contribution in [0.25, 0.3) is 0 Å². The van der Waals surface area contributed by atoms with E-state index in [1.54, 1.807) is 19.1 Å². The number of ether oxygens (including phenoxy) is 1. The van der Waals surface area contributed by atoms with Gasteiger partial charge in [-0.15, -0.1) is 11.8 Å². The monoisotopic (exact) mass is 264 g/mol. The molecule has 1 aromatic rings. The van der Waals surface area contributed by atoms with Gasteiger partial charge < -0.3 is 4.74 Å². The van der Waals surface area contributed by atoms with E-state index in [4.69, 9.17) is 0 Å². The van der Waals surface area contributed by atoms with Crippen LogP contribution in [0.15, 0.2) is 24.3 Å². The molecule has 0 aromatic heterocycles. The fourth-order valence-corrected chi connectivity index (χ4v) is 2.90. The predicted octanol–water partition coefficient (Wildman–Crippen LogP) is 1.62. The van der Waals surface area contributed by atoms with Crippen molar-refractivity contribution in [3.8, 4) is 0 Å². The third-order valence-corrected chi connectivity index (χ3v) is 3.88. The third-order valence-electron chi connectivity index (χ3n) is 2.64. The Balaban J connectivity index is 2.22. The highest BCUT2D eigenvalue weighted by molar-refractivity contribution is 8.00. The van der Waals surface area contributed by atoms with E-state index < -0.39 is 17.0 Å². The Labute approximate surface area is 109 Å². The minimum Gasteiger partial charge on any atom is -0.460 e. The van der Waals surface area contributed by atoms with Gasteiger partial charge in [0.2, 0.25) is 0 Å². The van der Waals surface area contributed by atoms with Gasteiger partial charge in [0.15, 0.2) is 5.78 Å². The quantitative estimate of drug-likeness (QED) is 0.471. The highest BCUT2D eigenvalue weighted by atomic mass is 32.2. The van der Waals surface area contributed by atoms with E-state index >= 15 is 0 Å². The van der Waals surface area contributed by atoms with Crippen molar-refractivity contribution in [1.82, 2.24) is 0 Å². The topological polar surface area (TPSA) is 60.4 Å². The van der Waals surface area contributed by atoms with E-state index in [0.717, 1.165) is 5.56 Å². The van der Waals surface area contributed by atoms with E-state index in [-0.39, 0.29) is 12.4 Å². The zero-order valence-electron chi connectivity index (χ0n) is 9.84. The summed E-state index contributed by atoms with van der Waals surface area (Å²) in [6, 6.07) is 7.13. The maximum Gasteiger partial charge on any atom is 0.376 e. The molecule has 0 aliphatic carbocycles. The molecule has 94 valence electrons. The zero-order chi connectivity index (χ0) is 13.1. The second kappa shape index (κ2) is 5.35. The van der Waals surface area contributed by atoms with E-state index in [1.807, 2.05) is 12.1 Å². The van der Waals surface area contributed by atoms with Crippen LogP contribution in [0.4, 0.5) is 0 Å². The Kier molecular flexibility index (Phi) is 3.81. The van der Waals surface area contributed by atoms with Crippen LogP contribution in [0.1, 0.15) is 22.8 Å². The first-order chi connectivity index (χ1) is 8.65. The second-order valence-electron chi connectivity index (χ2n) is 3.80. The number of Topliss-reactive ketones (excluding diaryl/α,β-unsaturated/α-hetero) is 2. The Morgan fingerprint density at radius 1 is 1.39 bits per heavy atom. The Morgan fingerprint density at radius 3 is 2.83 bits per heavy atom. The summed E-state index contributed by atoms with van der Waals surface area (Å²) in [6.45, 7) is 1.75. The van der Waals surface area contributed by atoms with Crippen LogP contribution in [0.2, 0.25) is 0 Å². The van der Waals surface area contributed by atoms with Gasteiger partial charge in [0.25, 0.3) is 5.78 Å². The van der Waals surface area contributed by atoms with Gasteiger partial charge in [-0.25, -0.2) is 4.79 Å². The molecule has 1 aliphatic rings. The molecule has 1 atom stereocenters. The average molecular weight is 264 g/mol. The Hall–Kier alpha value is -1.62. The van der Waals surface area contributed by atoms with Gasteiger partial charge in [-0.05, 0) is 12.5 Å². The molecule has 1 aliphatic heterocycles. The molecule has 2 rings (SSSR count). The molecule has 1 heterocycles. The third kappa shape index (κ3) is 2.31. The van der Waals surface area contributed by atoms with E-state index in [1.165, 1.54) is 11.8 Å². The summed E-state index contributed by atoms with van der Waals surface area (Å²) in [5.74, 6) is -1.44. The molecule has 1 aromatic carbocycles. The molecular formula is C13H12O4S. The number of rotatable bonds is 3. The van der Waals surface area contributed by atoms with Crippen LogP contribution in [-0.2, 0) is 20.1 Å². The van der Waals surface area contributed by atoms with Crippen molar-refractivity contribution in [3.05, 3.63) is 35.4 Å². The molecule has 0 N–H and O–H groups in total. The van der Waals surface area contributed by atoms with Crippen LogP contribution in [0.3, 0.4) is 0 Å². The number of thioether (sulfide) groups is 1. The van der Waals surface area contributed by atoms with Crippen molar-refractivity contribution in [3.63, 3.8) is 0 Å². The van der Waals surface area contributed by atoms with Crippen LogP contribution < -0.4 is 0 Å². The molecule has 4 nitrogen and oxygen atoms in total. The Bertz CT molecular complexity index is 509. The zero-order valence-corrected chi connectivity index (χ0v) is 10.7. The predicted molar refractivity (Wildman–Crippen MR) is 67.5 cm³/mol. The minimum atomic E-state index is -0.959. The van der Waals surface area contributed by atoms with E-state index in [2.05, 4.69) is 4.74 Å². The average Bonchev–Trinajstić information content (AvgIpc) is 2.39. The van der Waals surface area contributed by atoms with Crippen molar-refractivity contribution in [2.75, 3.05) is 6.61 Å². The SMILES string of the molecule is CCOC(=O)C(=O)C1SCc2ccccc2C1=O. The summed E-state index contributed by atoms with van der Waals surface area (Å²) in [5.41, 5.74) is 1.43. The number of esters is 1. The summed E-state index contributed by atoms with van der Waals surface area (Å²) in [7, 11) is 0. The fraction of sp³-hybridized carbons (Fsp3) is 0.308. The molecule has 18 heavy (non-hydrogen) atoms. The summed E-state index contributed by atoms with van der Waals surface area (Å²) in [4.78, 5) is 35.3. The fourth-order valence-electron chi connectivity index (χ4n) is 1.78.